The summed E-state index contributed by atoms with van der Waals surface area (Å²) in [5.74, 6) is 0. The largest absolute Gasteiger partial charge is 0.402 e. The van der Waals surface area contributed by atoms with Crippen molar-refractivity contribution in [2.45, 2.75) is 13.1 Å². The van der Waals surface area contributed by atoms with Crippen LogP contribution in [-0.2, 0) is 0 Å². The second-order valence-electron chi connectivity index (χ2n) is 1.96. The van der Waals surface area contributed by atoms with E-state index in [1.54, 1.807) is 14.0 Å². The summed E-state index contributed by atoms with van der Waals surface area (Å²) in [5, 5.41) is 1.38. The van der Waals surface area contributed by atoms with Gasteiger partial charge in [-0.1, -0.05) is 6.92 Å². The zero-order chi connectivity index (χ0) is 8.20. The first-order valence-corrected chi connectivity index (χ1v) is 2.97. The van der Waals surface area contributed by atoms with Gasteiger partial charge in [-0.05, 0) is 0 Å². The first-order chi connectivity index (χ1) is 4.45. The average molecular weight is 156 g/mol. The maximum absolute atomic E-state index is 11.5. The first kappa shape index (κ1) is 9.71. The van der Waals surface area contributed by atoms with Crippen LogP contribution < -0.4 is 5.43 Å². The van der Waals surface area contributed by atoms with Crippen LogP contribution in [-0.4, -0.2) is 31.3 Å². The van der Waals surface area contributed by atoms with E-state index in [1.807, 2.05) is 0 Å². The van der Waals surface area contributed by atoms with Crippen molar-refractivity contribution in [1.29, 1.82) is 0 Å². The van der Waals surface area contributed by atoms with E-state index in [9.17, 15) is 13.2 Å². The summed E-state index contributed by atoms with van der Waals surface area (Å²) in [6, 6.07) is 0. The van der Waals surface area contributed by atoms with Crippen molar-refractivity contribution in [1.82, 2.24) is 10.4 Å². The van der Waals surface area contributed by atoms with Crippen molar-refractivity contribution in [2.24, 2.45) is 0 Å². The molecule has 0 fully saturated rings. The van der Waals surface area contributed by atoms with Crippen LogP contribution in [0.25, 0.3) is 0 Å². The molecule has 0 atom stereocenters. The lowest BCUT2D eigenvalue weighted by Crippen LogP contribution is -2.40. The smallest absolute Gasteiger partial charge is 0.247 e. The topological polar surface area (TPSA) is 15.3 Å². The van der Waals surface area contributed by atoms with E-state index in [2.05, 4.69) is 5.43 Å². The Hall–Kier alpha value is -0.290. The Morgan fingerprint density at radius 2 is 1.90 bits per heavy atom. The van der Waals surface area contributed by atoms with Gasteiger partial charge in [0.05, 0.1) is 0 Å². The third kappa shape index (κ3) is 5.84. The second-order valence-corrected chi connectivity index (χ2v) is 1.96. The number of hydrogen-bond acceptors (Lipinski definition) is 2. The lowest BCUT2D eigenvalue weighted by Gasteiger charge is -2.16. The van der Waals surface area contributed by atoms with Gasteiger partial charge in [-0.15, -0.1) is 0 Å². The number of nitrogens with zero attached hydrogens (tertiary/aromatic N) is 1. The molecular formula is C5H11F3N2. The zero-order valence-electron chi connectivity index (χ0n) is 6.00. The van der Waals surface area contributed by atoms with E-state index < -0.39 is 12.7 Å². The van der Waals surface area contributed by atoms with Crippen molar-refractivity contribution >= 4 is 0 Å². The van der Waals surface area contributed by atoms with Crippen LogP contribution in [0.4, 0.5) is 13.2 Å². The molecule has 0 aliphatic rings. The minimum absolute atomic E-state index is 0.552. The number of rotatable bonds is 3. The third-order valence-corrected chi connectivity index (χ3v) is 1.02. The Labute approximate surface area is 58.0 Å². The van der Waals surface area contributed by atoms with Crippen LogP contribution in [0.5, 0.6) is 0 Å². The van der Waals surface area contributed by atoms with Crippen molar-refractivity contribution in [3.05, 3.63) is 0 Å². The predicted molar refractivity (Wildman–Crippen MR) is 32.4 cm³/mol. The summed E-state index contributed by atoms with van der Waals surface area (Å²) in [7, 11) is 1.56. The molecule has 0 rings (SSSR count). The van der Waals surface area contributed by atoms with Crippen LogP contribution in [0.1, 0.15) is 6.92 Å². The molecule has 5 heteroatoms. The predicted octanol–water partition coefficient (Wildman–Crippen LogP) is 1.01. The maximum Gasteiger partial charge on any atom is 0.402 e. The van der Waals surface area contributed by atoms with Crippen molar-refractivity contribution < 1.29 is 13.2 Å². The Morgan fingerprint density at radius 1 is 1.40 bits per heavy atom. The summed E-state index contributed by atoms with van der Waals surface area (Å²) in [4.78, 5) is 0. The number of nitrogens with one attached hydrogen (secondary N) is 1. The minimum atomic E-state index is -4.12. The third-order valence-electron chi connectivity index (χ3n) is 1.02. The average Bonchev–Trinajstić information content (AvgIpc) is 1.81. The van der Waals surface area contributed by atoms with Crippen LogP contribution in [0.3, 0.4) is 0 Å². The van der Waals surface area contributed by atoms with Gasteiger partial charge in [-0.2, -0.15) is 13.2 Å². The Kier molecular flexibility index (Phi) is 3.67. The maximum atomic E-state index is 11.5. The first-order valence-electron chi connectivity index (χ1n) is 2.97. The summed E-state index contributed by atoms with van der Waals surface area (Å²) in [6.45, 7) is 1.36. The lowest BCUT2D eigenvalue weighted by molar-refractivity contribution is -0.133. The molecule has 0 heterocycles. The molecule has 62 valence electrons. The van der Waals surface area contributed by atoms with Crippen LogP contribution in [0.2, 0.25) is 0 Å². The Morgan fingerprint density at radius 3 is 2.20 bits per heavy atom. The molecule has 0 radical (unpaired) electrons. The highest BCUT2D eigenvalue weighted by atomic mass is 19.4. The molecule has 0 unspecified atom stereocenters. The summed E-state index contributed by atoms with van der Waals surface area (Å²) < 4.78 is 34.4. The molecule has 0 amide bonds. The van der Waals surface area contributed by atoms with Crippen molar-refractivity contribution in [3.63, 3.8) is 0 Å². The van der Waals surface area contributed by atoms with Crippen LogP contribution >= 0.6 is 0 Å². The molecule has 1 N–H and O–H groups in total. The molecule has 0 aromatic heterocycles. The quantitative estimate of drug-likeness (QED) is 0.613. The normalized spacial score (nSPS) is 12.6. The van der Waals surface area contributed by atoms with Gasteiger partial charge in [0.2, 0.25) is 0 Å². The second kappa shape index (κ2) is 3.78. The number of alkyl halides is 3. The van der Waals surface area contributed by atoms with Crippen LogP contribution in [0.15, 0.2) is 0 Å². The highest BCUT2D eigenvalue weighted by Crippen LogP contribution is 2.11. The van der Waals surface area contributed by atoms with Gasteiger partial charge >= 0.3 is 6.18 Å². The van der Waals surface area contributed by atoms with E-state index in [0.717, 1.165) is 0 Å². The van der Waals surface area contributed by atoms with Crippen molar-refractivity contribution in [3.8, 4) is 0 Å². The Balaban J connectivity index is 3.36. The molecule has 0 spiro atoms. The summed E-state index contributed by atoms with van der Waals surface area (Å²) >= 11 is 0. The molecule has 0 saturated heterocycles. The zero-order valence-corrected chi connectivity index (χ0v) is 6.00. The van der Waals surface area contributed by atoms with Gasteiger partial charge in [-0.25, -0.2) is 10.4 Å². The van der Waals surface area contributed by atoms with E-state index >= 15 is 0 Å². The highest BCUT2D eigenvalue weighted by Gasteiger charge is 2.26. The molecule has 2 nitrogen and oxygen atoms in total. The van der Waals surface area contributed by atoms with E-state index in [0.29, 0.717) is 6.54 Å². The lowest BCUT2D eigenvalue weighted by atomic mass is 10.6. The SMILES string of the molecule is CCN(C)NCC(F)(F)F. The van der Waals surface area contributed by atoms with Crippen LogP contribution in [0, 0.1) is 0 Å². The fourth-order valence-corrected chi connectivity index (χ4v) is 0.336. The minimum Gasteiger partial charge on any atom is -0.247 e. The van der Waals surface area contributed by atoms with Gasteiger partial charge in [0.15, 0.2) is 0 Å². The van der Waals surface area contributed by atoms with Gasteiger partial charge < -0.3 is 0 Å². The fourth-order valence-electron chi connectivity index (χ4n) is 0.336. The molecule has 0 saturated carbocycles. The Bertz CT molecular complexity index is 91.4. The molecule has 0 aromatic carbocycles. The number of hydrogen-bond donors (Lipinski definition) is 1. The number of hydrazine groups is 1. The van der Waals surface area contributed by atoms with Crippen molar-refractivity contribution in [2.75, 3.05) is 20.1 Å². The fraction of sp³-hybridized carbons (Fsp3) is 1.00. The summed E-state index contributed by atoms with van der Waals surface area (Å²) in [5.41, 5.74) is 2.18. The molecule has 0 aliphatic carbocycles. The molecule has 0 aromatic rings. The van der Waals surface area contributed by atoms with Gasteiger partial charge in [0.1, 0.15) is 6.54 Å². The summed E-state index contributed by atoms with van der Waals surface area (Å²) in [6.07, 6.45) is -4.12. The van der Waals surface area contributed by atoms with Gasteiger partial charge in [0, 0.05) is 13.6 Å². The van der Waals surface area contributed by atoms with Gasteiger partial charge in [0.25, 0.3) is 0 Å². The molecule has 10 heavy (non-hydrogen) atoms. The monoisotopic (exact) mass is 156 g/mol. The standard InChI is InChI=1S/C5H11F3N2/c1-3-10(2)9-4-5(6,7)8/h9H,3-4H2,1-2H3. The van der Waals surface area contributed by atoms with E-state index in [-0.39, 0.29) is 0 Å². The van der Waals surface area contributed by atoms with Gasteiger partial charge in [-0.3, -0.25) is 0 Å². The molecular weight excluding hydrogens is 145 g/mol. The van der Waals surface area contributed by atoms with E-state index in [4.69, 9.17) is 0 Å². The molecule has 0 bridgehead atoms. The number of halogens is 3. The highest BCUT2D eigenvalue weighted by molar-refractivity contribution is 4.51. The molecule has 0 aliphatic heterocycles. The van der Waals surface area contributed by atoms with E-state index in [1.165, 1.54) is 5.01 Å².